The van der Waals surface area contributed by atoms with Gasteiger partial charge in [0.15, 0.2) is 5.78 Å². The smallest absolute Gasteiger partial charge is 0.315 e. The number of aliphatic carboxylic acids is 1. The summed E-state index contributed by atoms with van der Waals surface area (Å²) in [6.07, 6.45) is 0. The van der Waals surface area contributed by atoms with Crippen LogP contribution >= 0.6 is 15.9 Å². The SMILES string of the molecule is O=C(O)[C@@H]([C@H](Br)C(=O)c1ccccc1)[C@H](c1ccccc1)[N+](=O)[O-]. The Morgan fingerprint density at radius 2 is 1.50 bits per heavy atom. The molecule has 0 saturated heterocycles. The van der Waals surface area contributed by atoms with Crippen LogP contribution in [0.25, 0.3) is 0 Å². The van der Waals surface area contributed by atoms with Crippen molar-refractivity contribution < 1.29 is 19.6 Å². The number of alkyl halides is 1. The number of hydrogen-bond acceptors (Lipinski definition) is 4. The average Bonchev–Trinajstić information content (AvgIpc) is 2.59. The summed E-state index contributed by atoms with van der Waals surface area (Å²) >= 11 is 3.08. The van der Waals surface area contributed by atoms with E-state index in [1.807, 2.05) is 0 Å². The average molecular weight is 392 g/mol. The summed E-state index contributed by atoms with van der Waals surface area (Å²) in [6, 6.07) is 14.4. The lowest BCUT2D eigenvalue weighted by molar-refractivity contribution is -0.536. The largest absolute Gasteiger partial charge is 0.481 e. The standard InChI is InChI=1S/C17H14BrNO5/c18-14(16(20)12-9-5-2-6-10-12)13(17(21)22)15(19(23)24)11-7-3-1-4-8-11/h1-10,13-15H,(H,21,22)/t13-,14-,15-/m0/s1. The van der Waals surface area contributed by atoms with E-state index in [4.69, 9.17) is 0 Å². The number of nitro groups is 1. The van der Waals surface area contributed by atoms with E-state index in [2.05, 4.69) is 15.9 Å². The molecule has 7 heteroatoms. The maximum Gasteiger partial charge on any atom is 0.315 e. The van der Waals surface area contributed by atoms with Gasteiger partial charge in [0.25, 0.3) is 6.04 Å². The highest BCUT2D eigenvalue weighted by Crippen LogP contribution is 2.33. The number of carboxylic acid groups (broad SMARTS) is 1. The molecular weight excluding hydrogens is 378 g/mol. The fourth-order valence-corrected chi connectivity index (χ4v) is 3.23. The van der Waals surface area contributed by atoms with Crippen molar-refractivity contribution in [3.05, 3.63) is 81.9 Å². The molecule has 0 heterocycles. The van der Waals surface area contributed by atoms with Gasteiger partial charge < -0.3 is 5.11 Å². The Labute approximate surface area is 146 Å². The molecule has 0 fully saturated rings. The molecule has 3 atom stereocenters. The minimum absolute atomic E-state index is 0.236. The predicted molar refractivity (Wildman–Crippen MR) is 90.8 cm³/mol. The zero-order valence-corrected chi connectivity index (χ0v) is 14.0. The fourth-order valence-electron chi connectivity index (χ4n) is 2.46. The van der Waals surface area contributed by atoms with Crippen LogP contribution in [0.4, 0.5) is 0 Å². The molecule has 0 bridgehead atoms. The lowest BCUT2D eigenvalue weighted by atomic mass is 9.87. The number of halogens is 1. The van der Waals surface area contributed by atoms with Crippen molar-refractivity contribution in [1.29, 1.82) is 0 Å². The van der Waals surface area contributed by atoms with E-state index in [1.165, 1.54) is 12.1 Å². The van der Waals surface area contributed by atoms with Gasteiger partial charge in [-0.25, -0.2) is 0 Å². The molecule has 0 aliphatic carbocycles. The van der Waals surface area contributed by atoms with Crippen molar-refractivity contribution in [2.75, 3.05) is 0 Å². The molecule has 0 radical (unpaired) electrons. The van der Waals surface area contributed by atoms with Gasteiger partial charge in [-0.1, -0.05) is 76.6 Å². The van der Waals surface area contributed by atoms with Crippen molar-refractivity contribution >= 4 is 27.7 Å². The number of ketones is 1. The van der Waals surface area contributed by atoms with Crippen LogP contribution in [0.5, 0.6) is 0 Å². The number of carboxylic acids is 1. The molecule has 0 amide bonds. The number of nitrogens with zero attached hydrogens (tertiary/aromatic N) is 1. The van der Waals surface area contributed by atoms with Crippen molar-refractivity contribution in [3.8, 4) is 0 Å². The van der Waals surface area contributed by atoms with Crippen LogP contribution in [-0.2, 0) is 4.79 Å². The maximum absolute atomic E-state index is 12.5. The first-order valence-electron chi connectivity index (χ1n) is 7.08. The molecule has 0 spiro atoms. The molecule has 2 rings (SSSR count). The molecule has 0 saturated carbocycles. The number of carbonyl (C=O) groups is 2. The van der Waals surface area contributed by atoms with Gasteiger partial charge in [-0.15, -0.1) is 0 Å². The molecule has 6 nitrogen and oxygen atoms in total. The van der Waals surface area contributed by atoms with E-state index in [-0.39, 0.29) is 5.56 Å². The Hall–Kier alpha value is -2.54. The van der Waals surface area contributed by atoms with Gasteiger partial charge in [-0.3, -0.25) is 19.7 Å². The topological polar surface area (TPSA) is 97.5 Å². The van der Waals surface area contributed by atoms with E-state index in [0.717, 1.165) is 0 Å². The lowest BCUT2D eigenvalue weighted by Crippen LogP contribution is -2.38. The minimum Gasteiger partial charge on any atom is -0.481 e. The number of Topliss-reactive ketones (excluding diaryl/α,β-unsaturated/α-hetero) is 1. The van der Waals surface area contributed by atoms with Gasteiger partial charge in [-0.2, -0.15) is 0 Å². The normalized spacial score (nSPS) is 14.4. The molecular formula is C17H14BrNO5. The molecule has 0 unspecified atom stereocenters. The first-order chi connectivity index (χ1) is 11.4. The maximum atomic E-state index is 12.5. The van der Waals surface area contributed by atoms with Crippen LogP contribution < -0.4 is 0 Å². The summed E-state index contributed by atoms with van der Waals surface area (Å²) in [5, 5.41) is 21.1. The van der Waals surface area contributed by atoms with E-state index in [0.29, 0.717) is 5.56 Å². The zero-order valence-electron chi connectivity index (χ0n) is 12.4. The number of hydrogen-bond donors (Lipinski definition) is 1. The zero-order chi connectivity index (χ0) is 17.7. The second-order valence-corrected chi connectivity index (χ2v) is 6.12. The third kappa shape index (κ3) is 3.86. The summed E-state index contributed by atoms with van der Waals surface area (Å²) in [5.74, 6) is -3.47. The highest BCUT2D eigenvalue weighted by molar-refractivity contribution is 9.10. The number of rotatable bonds is 7. The van der Waals surface area contributed by atoms with Crippen molar-refractivity contribution in [1.82, 2.24) is 0 Å². The first kappa shape index (κ1) is 17.8. The van der Waals surface area contributed by atoms with Gasteiger partial charge in [-0.05, 0) is 0 Å². The minimum atomic E-state index is -1.55. The van der Waals surface area contributed by atoms with Crippen LogP contribution in [0.1, 0.15) is 22.0 Å². The quantitative estimate of drug-likeness (QED) is 0.337. The van der Waals surface area contributed by atoms with Crippen molar-refractivity contribution in [2.45, 2.75) is 10.9 Å². The monoisotopic (exact) mass is 391 g/mol. The highest BCUT2D eigenvalue weighted by Gasteiger charge is 2.46. The van der Waals surface area contributed by atoms with Gasteiger partial charge in [0, 0.05) is 16.1 Å². The molecule has 24 heavy (non-hydrogen) atoms. The van der Waals surface area contributed by atoms with Crippen LogP contribution in [0.2, 0.25) is 0 Å². The molecule has 2 aromatic carbocycles. The van der Waals surface area contributed by atoms with E-state index in [1.54, 1.807) is 48.5 Å². The van der Waals surface area contributed by atoms with Gasteiger partial charge in [0.05, 0.1) is 4.83 Å². The summed E-state index contributed by atoms with van der Waals surface area (Å²) < 4.78 is 0. The predicted octanol–water partition coefficient (Wildman–Crippen LogP) is 3.35. The van der Waals surface area contributed by atoms with Crippen molar-refractivity contribution in [3.63, 3.8) is 0 Å². The Morgan fingerprint density at radius 1 is 1.00 bits per heavy atom. The summed E-state index contributed by atoms with van der Waals surface area (Å²) in [5.41, 5.74) is 0.529. The molecule has 0 aliphatic heterocycles. The van der Waals surface area contributed by atoms with E-state index < -0.39 is 33.5 Å². The molecule has 124 valence electrons. The molecule has 0 aliphatic rings. The third-order valence-electron chi connectivity index (χ3n) is 3.62. The Morgan fingerprint density at radius 3 is 1.96 bits per heavy atom. The highest BCUT2D eigenvalue weighted by atomic mass is 79.9. The second-order valence-electron chi connectivity index (χ2n) is 5.14. The summed E-state index contributed by atoms with van der Waals surface area (Å²) in [6.45, 7) is 0. The van der Waals surface area contributed by atoms with Gasteiger partial charge in [0.2, 0.25) is 0 Å². The van der Waals surface area contributed by atoms with Crippen LogP contribution in [0, 0.1) is 16.0 Å². The lowest BCUT2D eigenvalue weighted by Gasteiger charge is -2.21. The fraction of sp³-hybridized carbons (Fsp3) is 0.176. The Kier molecular flexibility index (Phi) is 5.81. The molecule has 2 aromatic rings. The van der Waals surface area contributed by atoms with Crippen molar-refractivity contribution in [2.24, 2.45) is 5.92 Å². The molecule has 1 N–H and O–H groups in total. The van der Waals surface area contributed by atoms with E-state index >= 15 is 0 Å². The summed E-state index contributed by atoms with van der Waals surface area (Å²) in [4.78, 5) is 33.9. The van der Waals surface area contributed by atoms with Gasteiger partial charge >= 0.3 is 5.97 Å². The van der Waals surface area contributed by atoms with E-state index in [9.17, 15) is 24.8 Å². The first-order valence-corrected chi connectivity index (χ1v) is 7.99. The summed E-state index contributed by atoms with van der Waals surface area (Å²) in [7, 11) is 0. The number of benzene rings is 2. The molecule has 0 aromatic heterocycles. The second kappa shape index (κ2) is 7.83. The Bertz CT molecular complexity index is 735. The van der Waals surface area contributed by atoms with Crippen LogP contribution in [-0.4, -0.2) is 26.6 Å². The van der Waals surface area contributed by atoms with Crippen LogP contribution in [0.3, 0.4) is 0 Å². The number of carbonyl (C=O) groups excluding carboxylic acids is 1. The van der Waals surface area contributed by atoms with Gasteiger partial charge in [0.1, 0.15) is 5.92 Å². The third-order valence-corrected chi connectivity index (χ3v) is 4.60. The van der Waals surface area contributed by atoms with Crippen LogP contribution in [0.15, 0.2) is 60.7 Å². The Balaban J connectivity index is 2.42.